The Balaban J connectivity index is 1.80. The SMILES string of the molecule is O=C1CC(c2cccc(-c3cccnc3)c2)=Nc2cc(Br)ccc2N1. The van der Waals surface area contributed by atoms with Crippen molar-refractivity contribution in [1.82, 2.24) is 4.98 Å². The second-order valence-corrected chi connectivity index (χ2v) is 6.68. The number of nitrogens with zero attached hydrogens (tertiary/aromatic N) is 2. The second-order valence-electron chi connectivity index (χ2n) is 5.77. The van der Waals surface area contributed by atoms with Gasteiger partial charge in [0.05, 0.1) is 23.5 Å². The van der Waals surface area contributed by atoms with Crippen molar-refractivity contribution in [3.8, 4) is 11.1 Å². The van der Waals surface area contributed by atoms with Crippen LogP contribution in [0.5, 0.6) is 0 Å². The number of nitrogens with one attached hydrogen (secondary N) is 1. The topological polar surface area (TPSA) is 54.4 Å². The first-order valence-electron chi connectivity index (χ1n) is 7.87. The fraction of sp³-hybridized carbons (Fsp3) is 0.0500. The Kier molecular flexibility index (Phi) is 4.15. The van der Waals surface area contributed by atoms with Crippen LogP contribution in [-0.4, -0.2) is 16.6 Å². The molecule has 0 spiro atoms. The quantitative estimate of drug-likeness (QED) is 0.669. The largest absolute Gasteiger partial charge is 0.324 e. The summed E-state index contributed by atoms with van der Waals surface area (Å²) in [6.45, 7) is 0. The van der Waals surface area contributed by atoms with Crippen LogP contribution >= 0.6 is 15.9 Å². The van der Waals surface area contributed by atoms with Crippen LogP contribution in [0, 0.1) is 0 Å². The second kappa shape index (κ2) is 6.61. The third-order valence-electron chi connectivity index (χ3n) is 4.01. The average molecular weight is 392 g/mol. The Morgan fingerprint density at radius 1 is 0.960 bits per heavy atom. The minimum Gasteiger partial charge on any atom is -0.324 e. The third kappa shape index (κ3) is 3.37. The molecule has 4 rings (SSSR count). The zero-order valence-corrected chi connectivity index (χ0v) is 14.8. The summed E-state index contributed by atoms with van der Waals surface area (Å²) < 4.78 is 0.926. The molecule has 1 aromatic heterocycles. The van der Waals surface area contributed by atoms with Crippen LogP contribution < -0.4 is 5.32 Å². The number of anilines is 1. The summed E-state index contributed by atoms with van der Waals surface area (Å²) in [5, 5.41) is 2.91. The van der Waals surface area contributed by atoms with Gasteiger partial charge in [0.15, 0.2) is 0 Å². The van der Waals surface area contributed by atoms with Crippen LogP contribution in [0.25, 0.3) is 11.1 Å². The number of carbonyl (C=O) groups excluding carboxylic acids is 1. The van der Waals surface area contributed by atoms with Crippen LogP contribution in [0.4, 0.5) is 11.4 Å². The van der Waals surface area contributed by atoms with E-state index in [9.17, 15) is 4.79 Å². The van der Waals surface area contributed by atoms with Gasteiger partial charge in [-0.25, -0.2) is 0 Å². The number of rotatable bonds is 2. The highest BCUT2D eigenvalue weighted by atomic mass is 79.9. The van der Waals surface area contributed by atoms with Crippen molar-refractivity contribution in [3.63, 3.8) is 0 Å². The van der Waals surface area contributed by atoms with Crippen LogP contribution in [0.2, 0.25) is 0 Å². The highest BCUT2D eigenvalue weighted by Gasteiger charge is 2.17. The molecule has 2 aromatic carbocycles. The third-order valence-corrected chi connectivity index (χ3v) is 4.50. The molecule has 4 nitrogen and oxygen atoms in total. The first-order valence-corrected chi connectivity index (χ1v) is 8.66. The molecule has 0 radical (unpaired) electrons. The van der Waals surface area contributed by atoms with Gasteiger partial charge in [-0.1, -0.05) is 40.2 Å². The lowest BCUT2D eigenvalue weighted by atomic mass is 10.0. The molecular weight excluding hydrogens is 378 g/mol. The lowest BCUT2D eigenvalue weighted by Crippen LogP contribution is -2.14. The summed E-state index contributed by atoms with van der Waals surface area (Å²) in [7, 11) is 0. The van der Waals surface area contributed by atoms with Crippen LogP contribution in [0.15, 0.2) is 76.5 Å². The zero-order valence-electron chi connectivity index (χ0n) is 13.2. The van der Waals surface area contributed by atoms with Gasteiger partial charge in [0.25, 0.3) is 0 Å². The van der Waals surface area contributed by atoms with E-state index in [1.165, 1.54) is 0 Å². The molecule has 2 heterocycles. The van der Waals surface area contributed by atoms with Crippen LogP contribution in [0.3, 0.4) is 0 Å². The van der Waals surface area contributed by atoms with Crippen molar-refractivity contribution in [2.24, 2.45) is 4.99 Å². The van der Waals surface area contributed by atoms with Crippen molar-refractivity contribution < 1.29 is 4.79 Å². The Hall–Kier alpha value is -2.79. The molecule has 122 valence electrons. The maximum Gasteiger partial charge on any atom is 0.230 e. The van der Waals surface area contributed by atoms with Gasteiger partial charge in [-0.2, -0.15) is 0 Å². The zero-order chi connectivity index (χ0) is 17.2. The molecule has 0 atom stereocenters. The minimum atomic E-state index is -0.0633. The van der Waals surface area contributed by atoms with E-state index in [0.717, 1.165) is 38.2 Å². The number of amides is 1. The van der Waals surface area contributed by atoms with Gasteiger partial charge in [-0.3, -0.25) is 14.8 Å². The van der Waals surface area contributed by atoms with Gasteiger partial charge >= 0.3 is 0 Å². The first kappa shape index (κ1) is 15.7. The maximum absolute atomic E-state index is 12.3. The number of hydrogen-bond donors (Lipinski definition) is 1. The molecule has 1 N–H and O–H groups in total. The van der Waals surface area contributed by atoms with E-state index in [-0.39, 0.29) is 12.3 Å². The van der Waals surface area contributed by atoms with Crippen molar-refractivity contribution in [2.75, 3.05) is 5.32 Å². The van der Waals surface area contributed by atoms with Gasteiger partial charge < -0.3 is 5.32 Å². The molecule has 0 aliphatic carbocycles. The molecule has 0 saturated carbocycles. The van der Waals surface area contributed by atoms with E-state index < -0.39 is 0 Å². The van der Waals surface area contributed by atoms with Gasteiger partial charge in [0.2, 0.25) is 5.91 Å². The van der Waals surface area contributed by atoms with E-state index >= 15 is 0 Å². The number of pyridine rings is 1. The molecule has 0 unspecified atom stereocenters. The number of aliphatic imine (C=N–C) groups is 1. The summed E-state index contributed by atoms with van der Waals surface area (Å²) in [6, 6.07) is 17.6. The molecule has 1 amide bonds. The Bertz CT molecular complexity index is 983. The Morgan fingerprint density at radius 2 is 1.80 bits per heavy atom. The summed E-state index contributed by atoms with van der Waals surface area (Å²) in [5.41, 5.74) is 5.25. The number of fused-ring (bicyclic) bond motifs is 1. The molecular formula is C20H14BrN3O. The summed E-state index contributed by atoms with van der Waals surface area (Å²) in [5.74, 6) is -0.0633. The lowest BCUT2D eigenvalue weighted by Gasteiger charge is -2.07. The highest BCUT2D eigenvalue weighted by molar-refractivity contribution is 9.10. The Morgan fingerprint density at radius 3 is 2.64 bits per heavy atom. The smallest absolute Gasteiger partial charge is 0.230 e. The summed E-state index contributed by atoms with van der Waals surface area (Å²) in [4.78, 5) is 21.2. The van der Waals surface area contributed by atoms with E-state index in [0.29, 0.717) is 0 Å². The van der Waals surface area contributed by atoms with Crippen molar-refractivity contribution in [2.45, 2.75) is 6.42 Å². The van der Waals surface area contributed by atoms with E-state index in [4.69, 9.17) is 4.99 Å². The molecule has 0 fully saturated rings. The molecule has 25 heavy (non-hydrogen) atoms. The Labute approximate surface area is 153 Å². The van der Waals surface area contributed by atoms with Gasteiger partial charge in [0.1, 0.15) is 0 Å². The summed E-state index contributed by atoms with van der Waals surface area (Å²) >= 11 is 3.46. The fourth-order valence-corrected chi connectivity index (χ4v) is 3.16. The van der Waals surface area contributed by atoms with Crippen molar-refractivity contribution in [1.29, 1.82) is 0 Å². The lowest BCUT2D eigenvalue weighted by molar-refractivity contribution is -0.115. The van der Waals surface area contributed by atoms with Crippen molar-refractivity contribution >= 4 is 38.9 Å². The number of hydrogen-bond acceptors (Lipinski definition) is 3. The van der Waals surface area contributed by atoms with E-state index in [1.54, 1.807) is 6.20 Å². The standard InChI is InChI=1S/C20H14BrN3O/c21-16-6-7-17-19(10-16)23-18(11-20(25)24-17)14-4-1-3-13(9-14)15-5-2-8-22-12-15/h1-10,12H,11H2,(H,24,25). The highest BCUT2D eigenvalue weighted by Crippen LogP contribution is 2.32. The maximum atomic E-state index is 12.3. The molecule has 1 aliphatic rings. The van der Waals surface area contributed by atoms with Gasteiger partial charge in [-0.05, 0) is 41.5 Å². The number of carbonyl (C=O) groups is 1. The predicted octanol–water partition coefficient (Wildman–Crippen LogP) is 4.97. The van der Waals surface area contributed by atoms with E-state index in [2.05, 4.69) is 26.2 Å². The molecule has 0 saturated heterocycles. The normalized spacial score (nSPS) is 13.5. The molecule has 0 bridgehead atoms. The average Bonchev–Trinajstić information content (AvgIpc) is 2.80. The number of halogens is 1. The van der Waals surface area contributed by atoms with Gasteiger partial charge in [-0.15, -0.1) is 0 Å². The predicted molar refractivity (Wildman–Crippen MR) is 103 cm³/mol. The fourth-order valence-electron chi connectivity index (χ4n) is 2.81. The number of aromatic nitrogens is 1. The van der Waals surface area contributed by atoms with Crippen LogP contribution in [-0.2, 0) is 4.79 Å². The molecule has 1 aliphatic heterocycles. The molecule has 5 heteroatoms. The van der Waals surface area contributed by atoms with Crippen LogP contribution in [0.1, 0.15) is 12.0 Å². The minimum absolute atomic E-state index is 0.0633. The van der Waals surface area contributed by atoms with Crippen molar-refractivity contribution in [3.05, 3.63) is 77.0 Å². The van der Waals surface area contributed by atoms with Gasteiger partial charge in [0, 0.05) is 22.4 Å². The van der Waals surface area contributed by atoms with E-state index in [1.807, 2.05) is 60.8 Å². The monoisotopic (exact) mass is 391 g/mol. The molecule has 3 aromatic rings. The first-order chi connectivity index (χ1) is 12.2. The summed E-state index contributed by atoms with van der Waals surface area (Å²) in [6.07, 6.45) is 3.82. The number of benzene rings is 2.